The Labute approximate surface area is 144 Å². The average molecular weight is 364 g/mol. The molecular formula is C15H16N4O5S. The van der Waals surface area contributed by atoms with Crippen LogP contribution in [0.1, 0.15) is 39.5 Å². The SMILES string of the molecule is COC(=O)c1cnc(C(=O)NC(C)c2cccc(S(N)(=O)=O)c2)cn1. The lowest BCUT2D eigenvalue weighted by Gasteiger charge is -2.14. The van der Waals surface area contributed by atoms with Crippen LogP contribution in [0.15, 0.2) is 41.6 Å². The van der Waals surface area contributed by atoms with Gasteiger partial charge in [-0.15, -0.1) is 0 Å². The van der Waals surface area contributed by atoms with Gasteiger partial charge < -0.3 is 10.1 Å². The van der Waals surface area contributed by atoms with Crippen LogP contribution in [0.3, 0.4) is 0 Å². The molecule has 0 radical (unpaired) electrons. The van der Waals surface area contributed by atoms with E-state index >= 15 is 0 Å². The highest BCUT2D eigenvalue weighted by Gasteiger charge is 2.16. The standard InChI is InChI=1S/C15H16N4O5S/c1-9(10-4-3-5-11(6-10)25(16,22)23)19-14(20)12-7-18-13(8-17-12)15(21)24-2/h3-9H,1-2H3,(H,19,20)(H2,16,22,23). The van der Waals surface area contributed by atoms with Crippen LogP contribution in [0.4, 0.5) is 0 Å². The first-order valence-electron chi connectivity index (χ1n) is 7.06. The predicted octanol–water partition coefficient (Wildman–Crippen LogP) is 0.402. The van der Waals surface area contributed by atoms with Crippen LogP contribution in [-0.2, 0) is 14.8 Å². The molecule has 1 heterocycles. The maximum Gasteiger partial charge on any atom is 0.358 e. The summed E-state index contributed by atoms with van der Waals surface area (Å²) in [4.78, 5) is 31.1. The summed E-state index contributed by atoms with van der Waals surface area (Å²) >= 11 is 0. The summed E-state index contributed by atoms with van der Waals surface area (Å²) in [5.74, 6) is -1.19. The fourth-order valence-corrected chi connectivity index (χ4v) is 2.54. The molecule has 0 spiro atoms. The summed E-state index contributed by atoms with van der Waals surface area (Å²) in [6.07, 6.45) is 2.28. The third-order valence-electron chi connectivity index (χ3n) is 3.31. The molecule has 0 fully saturated rings. The lowest BCUT2D eigenvalue weighted by Crippen LogP contribution is -2.28. The van der Waals surface area contributed by atoms with E-state index in [4.69, 9.17) is 5.14 Å². The Kier molecular flexibility index (Phi) is 5.45. The number of amides is 1. The largest absolute Gasteiger partial charge is 0.464 e. The van der Waals surface area contributed by atoms with Crippen molar-refractivity contribution in [3.8, 4) is 0 Å². The Morgan fingerprint density at radius 1 is 1.20 bits per heavy atom. The van der Waals surface area contributed by atoms with Crippen molar-refractivity contribution in [3.05, 3.63) is 53.6 Å². The van der Waals surface area contributed by atoms with Gasteiger partial charge in [-0.25, -0.2) is 28.3 Å². The number of nitrogens with one attached hydrogen (secondary N) is 1. The first kappa shape index (κ1) is 18.5. The molecule has 1 unspecified atom stereocenters. The van der Waals surface area contributed by atoms with Crippen molar-refractivity contribution in [1.29, 1.82) is 0 Å². The van der Waals surface area contributed by atoms with Gasteiger partial charge in [0.1, 0.15) is 5.69 Å². The van der Waals surface area contributed by atoms with E-state index in [1.54, 1.807) is 13.0 Å². The molecule has 9 nitrogen and oxygen atoms in total. The molecule has 0 bridgehead atoms. The summed E-state index contributed by atoms with van der Waals surface area (Å²) in [7, 11) is -2.62. The summed E-state index contributed by atoms with van der Waals surface area (Å²) in [5, 5.41) is 7.76. The number of rotatable bonds is 5. The minimum absolute atomic E-state index is 0.00195. The van der Waals surface area contributed by atoms with E-state index in [-0.39, 0.29) is 16.3 Å². The molecule has 2 rings (SSSR count). The zero-order chi connectivity index (χ0) is 18.6. The molecule has 25 heavy (non-hydrogen) atoms. The molecule has 1 amide bonds. The number of carbonyl (C=O) groups excluding carboxylic acids is 2. The first-order chi connectivity index (χ1) is 11.7. The van der Waals surface area contributed by atoms with E-state index in [1.807, 2.05) is 0 Å². The monoisotopic (exact) mass is 364 g/mol. The number of carbonyl (C=O) groups is 2. The van der Waals surface area contributed by atoms with Gasteiger partial charge >= 0.3 is 5.97 Å². The molecule has 1 atom stereocenters. The normalized spacial score (nSPS) is 12.3. The van der Waals surface area contributed by atoms with Gasteiger partial charge in [0.2, 0.25) is 10.0 Å². The molecule has 3 N–H and O–H groups in total. The highest BCUT2D eigenvalue weighted by Crippen LogP contribution is 2.17. The number of primary sulfonamides is 1. The molecule has 0 aliphatic rings. The molecule has 0 aliphatic carbocycles. The number of hydrogen-bond acceptors (Lipinski definition) is 7. The van der Waals surface area contributed by atoms with Crippen LogP contribution in [0.2, 0.25) is 0 Å². The van der Waals surface area contributed by atoms with E-state index in [9.17, 15) is 18.0 Å². The summed E-state index contributed by atoms with van der Waals surface area (Å²) in [6.45, 7) is 1.68. The van der Waals surface area contributed by atoms with Crippen LogP contribution in [0, 0.1) is 0 Å². The van der Waals surface area contributed by atoms with Gasteiger partial charge in [0.15, 0.2) is 5.69 Å². The number of methoxy groups -OCH3 is 1. The predicted molar refractivity (Wildman–Crippen MR) is 87.1 cm³/mol. The highest BCUT2D eigenvalue weighted by molar-refractivity contribution is 7.89. The van der Waals surface area contributed by atoms with Crippen LogP contribution in [-0.4, -0.2) is 37.4 Å². The first-order valence-corrected chi connectivity index (χ1v) is 8.61. The van der Waals surface area contributed by atoms with Crippen molar-refractivity contribution < 1.29 is 22.7 Å². The fraction of sp³-hybridized carbons (Fsp3) is 0.200. The Morgan fingerprint density at radius 3 is 2.40 bits per heavy atom. The smallest absolute Gasteiger partial charge is 0.358 e. The molecule has 10 heteroatoms. The zero-order valence-electron chi connectivity index (χ0n) is 13.5. The van der Waals surface area contributed by atoms with E-state index in [0.717, 1.165) is 12.4 Å². The number of benzene rings is 1. The lowest BCUT2D eigenvalue weighted by atomic mass is 10.1. The number of hydrogen-bond donors (Lipinski definition) is 2. The molecule has 0 aliphatic heterocycles. The van der Waals surface area contributed by atoms with Gasteiger partial charge in [-0.3, -0.25) is 4.79 Å². The molecule has 132 valence electrons. The number of ether oxygens (including phenoxy) is 1. The van der Waals surface area contributed by atoms with Gasteiger partial charge in [0, 0.05) is 0 Å². The summed E-state index contributed by atoms with van der Waals surface area (Å²) in [6, 6.07) is 5.43. The third kappa shape index (κ3) is 4.58. The van der Waals surface area contributed by atoms with Gasteiger partial charge in [0.25, 0.3) is 5.91 Å². The van der Waals surface area contributed by atoms with Crippen LogP contribution >= 0.6 is 0 Å². The number of esters is 1. The Balaban J connectivity index is 2.14. The molecule has 0 saturated carbocycles. The maximum absolute atomic E-state index is 12.2. The van der Waals surface area contributed by atoms with Crippen molar-refractivity contribution >= 4 is 21.9 Å². The fourth-order valence-electron chi connectivity index (χ4n) is 1.97. The number of sulfonamides is 1. The minimum Gasteiger partial charge on any atom is -0.464 e. The van der Waals surface area contributed by atoms with Gasteiger partial charge in [0.05, 0.1) is 30.4 Å². The highest BCUT2D eigenvalue weighted by atomic mass is 32.2. The molecule has 2 aromatic rings. The maximum atomic E-state index is 12.2. The van der Waals surface area contributed by atoms with Gasteiger partial charge in [-0.1, -0.05) is 12.1 Å². The zero-order valence-corrected chi connectivity index (χ0v) is 14.3. The van der Waals surface area contributed by atoms with Crippen LogP contribution in [0.25, 0.3) is 0 Å². The number of nitrogens with two attached hydrogens (primary N) is 1. The minimum atomic E-state index is -3.83. The van der Waals surface area contributed by atoms with E-state index in [0.29, 0.717) is 5.56 Å². The van der Waals surface area contributed by atoms with E-state index < -0.39 is 27.9 Å². The topological polar surface area (TPSA) is 141 Å². The third-order valence-corrected chi connectivity index (χ3v) is 4.22. The Bertz CT molecular complexity index is 896. The van der Waals surface area contributed by atoms with Crippen LogP contribution < -0.4 is 10.5 Å². The second-order valence-electron chi connectivity index (χ2n) is 5.09. The molecule has 1 aromatic heterocycles. The lowest BCUT2D eigenvalue weighted by molar-refractivity contribution is 0.0592. The molecule has 1 aromatic carbocycles. The van der Waals surface area contributed by atoms with Gasteiger partial charge in [-0.05, 0) is 24.6 Å². The molecular weight excluding hydrogens is 348 g/mol. The van der Waals surface area contributed by atoms with Crippen molar-refractivity contribution in [1.82, 2.24) is 15.3 Å². The summed E-state index contributed by atoms with van der Waals surface area (Å²) in [5.41, 5.74) is 0.536. The number of aromatic nitrogens is 2. The Morgan fingerprint density at radius 2 is 1.84 bits per heavy atom. The van der Waals surface area contributed by atoms with Gasteiger partial charge in [-0.2, -0.15) is 0 Å². The number of nitrogens with zero attached hydrogens (tertiary/aromatic N) is 2. The van der Waals surface area contributed by atoms with Crippen molar-refractivity contribution in [3.63, 3.8) is 0 Å². The van der Waals surface area contributed by atoms with Crippen LogP contribution in [0.5, 0.6) is 0 Å². The van der Waals surface area contributed by atoms with E-state index in [1.165, 1.54) is 25.3 Å². The quantitative estimate of drug-likeness (QED) is 0.731. The average Bonchev–Trinajstić information content (AvgIpc) is 2.60. The van der Waals surface area contributed by atoms with Crippen molar-refractivity contribution in [2.24, 2.45) is 5.14 Å². The van der Waals surface area contributed by atoms with Crippen molar-refractivity contribution in [2.75, 3.05) is 7.11 Å². The van der Waals surface area contributed by atoms with Crippen molar-refractivity contribution in [2.45, 2.75) is 17.9 Å². The van der Waals surface area contributed by atoms with E-state index in [2.05, 4.69) is 20.0 Å². The second kappa shape index (κ2) is 7.36. The molecule has 0 saturated heterocycles. The summed E-state index contributed by atoms with van der Waals surface area (Å²) < 4.78 is 27.3. The second-order valence-corrected chi connectivity index (χ2v) is 6.65. The Hall–Kier alpha value is -2.85.